The van der Waals surface area contributed by atoms with Crippen LogP contribution in [0.1, 0.15) is 11.3 Å². The number of rotatable bonds is 5. The summed E-state index contributed by atoms with van der Waals surface area (Å²) in [5, 5.41) is 2.90. The van der Waals surface area contributed by atoms with E-state index in [2.05, 4.69) is 15.3 Å². The fraction of sp³-hybridized carbons (Fsp3) is 0.214. The minimum Gasteiger partial charge on any atom is -0.460 e. The SMILES string of the molecule is Cc1cc(NCC(=O)OCc2ccccc2)ncn1. The highest BCUT2D eigenvalue weighted by molar-refractivity contribution is 5.74. The van der Waals surface area contributed by atoms with E-state index >= 15 is 0 Å². The Bertz CT molecular complexity index is 543. The molecule has 0 radical (unpaired) electrons. The molecule has 2 aromatic rings. The lowest BCUT2D eigenvalue weighted by molar-refractivity contribution is -0.142. The van der Waals surface area contributed by atoms with Gasteiger partial charge < -0.3 is 10.1 Å². The van der Waals surface area contributed by atoms with Crippen LogP contribution in [0.3, 0.4) is 0 Å². The number of aryl methyl sites for hydroxylation is 1. The lowest BCUT2D eigenvalue weighted by Gasteiger charge is -2.07. The molecule has 1 aromatic heterocycles. The first-order chi connectivity index (χ1) is 9.24. The predicted octanol–water partition coefficient (Wildman–Crippen LogP) is 1.94. The van der Waals surface area contributed by atoms with Crippen molar-refractivity contribution in [2.24, 2.45) is 0 Å². The van der Waals surface area contributed by atoms with E-state index in [1.165, 1.54) is 6.33 Å². The van der Waals surface area contributed by atoms with Gasteiger partial charge in [-0.3, -0.25) is 4.79 Å². The molecule has 0 spiro atoms. The second-order valence-electron chi connectivity index (χ2n) is 4.04. The van der Waals surface area contributed by atoms with Gasteiger partial charge in [0.25, 0.3) is 0 Å². The van der Waals surface area contributed by atoms with E-state index in [4.69, 9.17) is 4.74 Å². The first-order valence-electron chi connectivity index (χ1n) is 5.96. The Morgan fingerprint density at radius 2 is 2.05 bits per heavy atom. The van der Waals surface area contributed by atoms with Crippen LogP contribution in [-0.4, -0.2) is 22.5 Å². The van der Waals surface area contributed by atoms with Crippen molar-refractivity contribution in [1.29, 1.82) is 0 Å². The summed E-state index contributed by atoms with van der Waals surface area (Å²) in [6.45, 7) is 2.23. The van der Waals surface area contributed by atoms with Crippen molar-refractivity contribution in [3.63, 3.8) is 0 Å². The predicted molar refractivity (Wildman–Crippen MR) is 71.5 cm³/mol. The summed E-state index contributed by atoms with van der Waals surface area (Å²) < 4.78 is 5.14. The van der Waals surface area contributed by atoms with Crippen LogP contribution in [0.4, 0.5) is 5.82 Å². The van der Waals surface area contributed by atoms with Crippen molar-refractivity contribution in [2.45, 2.75) is 13.5 Å². The van der Waals surface area contributed by atoms with E-state index in [-0.39, 0.29) is 19.1 Å². The number of carbonyl (C=O) groups excluding carboxylic acids is 1. The number of esters is 1. The summed E-state index contributed by atoms with van der Waals surface area (Å²) >= 11 is 0. The lowest BCUT2D eigenvalue weighted by Crippen LogP contribution is -2.17. The van der Waals surface area contributed by atoms with E-state index in [0.717, 1.165) is 11.3 Å². The second kappa shape index (κ2) is 6.49. The zero-order chi connectivity index (χ0) is 13.5. The van der Waals surface area contributed by atoms with Crippen LogP contribution in [-0.2, 0) is 16.1 Å². The quantitative estimate of drug-likeness (QED) is 0.829. The Morgan fingerprint density at radius 3 is 2.79 bits per heavy atom. The van der Waals surface area contributed by atoms with Crippen molar-refractivity contribution in [3.05, 3.63) is 54.0 Å². The zero-order valence-electron chi connectivity index (χ0n) is 10.7. The number of nitrogens with zero attached hydrogens (tertiary/aromatic N) is 2. The Hall–Kier alpha value is -2.43. The lowest BCUT2D eigenvalue weighted by atomic mass is 10.2. The zero-order valence-corrected chi connectivity index (χ0v) is 10.7. The normalized spacial score (nSPS) is 9.95. The highest BCUT2D eigenvalue weighted by atomic mass is 16.5. The van der Waals surface area contributed by atoms with E-state index in [1.54, 1.807) is 6.07 Å². The molecule has 0 saturated carbocycles. The highest BCUT2D eigenvalue weighted by Crippen LogP contribution is 2.03. The van der Waals surface area contributed by atoms with Gasteiger partial charge in [-0.2, -0.15) is 0 Å². The second-order valence-corrected chi connectivity index (χ2v) is 4.04. The highest BCUT2D eigenvalue weighted by Gasteiger charge is 2.04. The van der Waals surface area contributed by atoms with Crippen molar-refractivity contribution in [3.8, 4) is 0 Å². The molecule has 0 amide bonds. The minimum absolute atomic E-state index is 0.0866. The Balaban J connectivity index is 1.76. The maximum atomic E-state index is 11.5. The molecule has 0 atom stereocenters. The van der Waals surface area contributed by atoms with E-state index in [9.17, 15) is 4.79 Å². The van der Waals surface area contributed by atoms with Gasteiger partial charge in [0.1, 0.15) is 25.3 Å². The largest absolute Gasteiger partial charge is 0.460 e. The van der Waals surface area contributed by atoms with Crippen LogP contribution in [0.2, 0.25) is 0 Å². The van der Waals surface area contributed by atoms with Crippen molar-refractivity contribution in [1.82, 2.24) is 9.97 Å². The number of aromatic nitrogens is 2. The number of ether oxygens (including phenoxy) is 1. The third-order valence-corrected chi connectivity index (χ3v) is 2.46. The molecule has 1 aromatic carbocycles. The summed E-state index contributed by atoms with van der Waals surface area (Å²) in [5.41, 5.74) is 1.81. The van der Waals surface area contributed by atoms with Gasteiger partial charge in [0.15, 0.2) is 0 Å². The molecule has 1 heterocycles. The molecule has 0 fully saturated rings. The maximum absolute atomic E-state index is 11.5. The molecule has 5 nitrogen and oxygen atoms in total. The van der Waals surface area contributed by atoms with Gasteiger partial charge in [0.2, 0.25) is 0 Å². The summed E-state index contributed by atoms with van der Waals surface area (Å²) in [5.74, 6) is 0.296. The number of hydrogen-bond donors (Lipinski definition) is 1. The smallest absolute Gasteiger partial charge is 0.325 e. The van der Waals surface area contributed by atoms with Crippen molar-refractivity contribution < 1.29 is 9.53 Å². The number of benzene rings is 1. The van der Waals surface area contributed by atoms with Crippen molar-refractivity contribution >= 4 is 11.8 Å². The fourth-order valence-electron chi connectivity index (χ4n) is 1.50. The van der Waals surface area contributed by atoms with Crippen LogP contribution < -0.4 is 5.32 Å². The van der Waals surface area contributed by atoms with Crippen LogP contribution in [0, 0.1) is 6.92 Å². The monoisotopic (exact) mass is 257 g/mol. The molecule has 19 heavy (non-hydrogen) atoms. The first kappa shape index (κ1) is 13.0. The molecule has 0 unspecified atom stereocenters. The molecule has 0 bridgehead atoms. The minimum atomic E-state index is -0.319. The molecule has 1 N–H and O–H groups in total. The van der Waals surface area contributed by atoms with E-state index in [0.29, 0.717) is 5.82 Å². The molecule has 0 aliphatic heterocycles. The Kier molecular flexibility index (Phi) is 4.44. The average Bonchev–Trinajstić information content (AvgIpc) is 2.44. The summed E-state index contributed by atoms with van der Waals surface area (Å²) in [7, 11) is 0. The number of carbonyl (C=O) groups is 1. The number of anilines is 1. The summed E-state index contributed by atoms with van der Waals surface area (Å²) in [4.78, 5) is 19.5. The molecule has 5 heteroatoms. The summed E-state index contributed by atoms with van der Waals surface area (Å²) in [6.07, 6.45) is 1.45. The maximum Gasteiger partial charge on any atom is 0.325 e. The van der Waals surface area contributed by atoms with Gasteiger partial charge in [-0.15, -0.1) is 0 Å². The van der Waals surface area contributed by atoms with Gasteiger partial charge in [0.05, 0.1) is 0 Å². The first-order valence-corrected chi connectivity index (χ1v) is 5.96. The number of nitrogens with one attached hydrogen (secondary N) is 1. The molecular formula is C14H15N3O2. The van der Waals surface area contributed by atoms with Gasteiger partial charge >= 0.3 is 5.97 Å². The van der Waals surface area contributed by atoms with Crippen LogP contribution in [0.25, 0.3) is 0 Å². The van der Waals surface area contributed by atoms with Crippen molar-refractivity contribution in [2.75, 3.05) is 11.9 Å². The van der Waals surface area contributed by atoms with Crippen LogP contribution >= 0.6 is 0 Å². The molecule has 2 rings (SSSR count). The molecule has 0 aliphatic carbocycles. The molecule has 0 saturated heterocycles. The Morgan fingerprint density at radius 1 is 1.26 bits per heavy atom. The summed E-state index contributed by atoms with van der Waals surface area (Å²) in [6, 6.07) is 11.3. The van der Waals surface area contributed by atoms with E-state index in [1.807, 2.05) is 37.3 Å². The topological polar surface area (TPSA) is 64.1 Å². The molecular weight excluding hydrogens is 242 g/mol. The number of hydrogen-bond acceptors (Lipinski definition) is 5. The van der Waals surface area contributed by atoms with Gasteiger partial charge in [-0.1, -0.05) is 30.3 Å². The van der Waals surface area contributed by atoms with Gasteiger partial charge in [0, 0.05) is 11.8 Å². The average molecular weight is 257 g/mol. The van der Waals surface area contributed by atoms with Crippen LogP contribution in [0.15, 0.2) is 42.7 Å². The Labute approximate surface area is 111 Å². The fourth-order valence-corrected chi connectivity index (χ4v) is 1.50. The standard InChI is InChI=1S/C14H15N3O2/c1-11-7-13(17-10-16-11)15-8-14(18)19-9-12-5-3-2-4-6-12/h2-7,10H,8-9H2,1H3,(H,15,16,17). The molecule has 0 aliphatic rings. The van der Waals surface area contributed by atoms with Gasteiger partial charge in [-0.25, -0.2) is 9.97 Å². The van der Waals surface area contributed by atoms with Crippen LogP contribution in [0.5, 0.6) is 0 Å². The van der Waals surface area contributed by atoms with E-state index < -0.39 is 0 Å². The molecule has 98 valence electrons. The third-order valence-electron chi connectivity index (χ3n) is 2.46. The van der Waals surface area contributed by atoms with Gasteiger partial charge in [-0.05, 0) is 12.5 Å². The third kappa shape index (κ3) is 4.39.